The van der Waals surface area contributed by atoms with E-state index in [-0.39, 0.29) is 5.91 Å². The molecule has 3 rings (SSSR count). The van der Waals surface area contributed by atoms with Gasteiger partial charge in [0.25, 0.3) is 5.91 Å². The second-order valence-corrected chi connectivity index (χ2v) is 5.30. The predicted molar refractivity (Wildman–Crippen MR) is 92.6 cm³/mol. The number of nitrogens with zero attached hydrogens (tertiary/aromatic N) is 2. The predicted octanol–water partition coefficient (Wildman–Crippen LogP) is 2.85. The van der Waals surface area contributed by atoms with Crippen LogP contribution in [0.4, 0.5) is 0 Å². The standard InChI is InChI=1S/C19H19N3O2/c1-24-18-10-6-5-7-15(18)11-13-20-19(23)17-12-14-22(21-17)16-8-3-2-4-9-16/h2-10,12,14H,11,13H2,1H3,(H,20,23). The Kier molecular flexibility index (Phi) is 4.91. The minimum absolute atomic E-state index is 0.181. The van der Waals surface area contributed by atoms with Crippen molar-refractivity contribution in [2.45, 2.75) is 6.42 Å². The number of carbonyl (C=O) groups is 1. The lowest BCUT2D eigenvalue weighted by Gasteiger charge is -2.08. The van der Waals surface area contributed by atoms with Gasteiger partial charge >= 0.3 is 0 Å². The van der Waals surface area contributed by atoms with E-state index in [9.17, 15) is 4.79 Å². The summed E-state index contributed by atoms with van der Waals surface area (Å²) in [5, 5.41) is 7.21. The summed E-state index contributed by atoms with van der Waals surface area (Å²) in [6.45, 7) is 0.525. The number of carbonyl (C=O) groups excluding carboxylic acids is 1. The fraction of sp³-hybridized carbons (Fsp3) is 0.158. The smallest absolute Gasteiger partial charge is 0.271 e. The van der Waals surface area contributed by atoms with Gasteiger partial charge in [0.05, 0.1) is 12.8 Å². The van der Waals surface area contributed by atoms with Gasteiger partial charge in [-0.05, 0) is 36.2 Å². The first kappa shape index (κ1) is 15.8. The van der Waals surface area contributed by atoms with E-state index < -0.39 is 0 Å². The maximum atomic E-state index is 12.2. The first-order valence-corrected chi connectivity index (χ1v) is 7.79. The van der Waals surface area contributed by atoms with Crippen LogP contribution in [0.2, 0.25) is 0 Å². The van der Waals surface area contributed by atoms with Crippen LogP contribution in [-0.4, -0.2) is 29.3 Å². The Balaban J connectivity index is 1.59. The molecule has 1 amide bonds. The average Bonchev–Trinajstić information content (AvgIpc) is 3.13. The van der Waals surface area contributed by atoms with E-state index >= 15 is 0 Å². The first-order chi connectivity index (χ1) is 11.8. The molecule has 0 unspecified atom stereocenters. The Morgan fingerprint density at radius 3 is 2.62 bits per heavy atom. The Bertz CT molecular complexity index is 812. The molecule has 0 bridgehead atoms. The van der Waals surface area contributed by atoms with E-state index in [1.54, 1.807) is 24.1 Å². The van der Waals surface area contributed by atoms with Gasteiger partial charge in [0.1, 0.15) is 5.75 Å². The summed E-state index contributed by atoms with van der Waals surface area (Å²) < 4.78 is 7.00. The van der Waals surface area contributed by atoms with Gasteiger partial charge in [-0.3, -0.25) is 4.79 Å². The van der Waals surface area contributed by atoms with Crippen LogP contribution in [0.15, 0.2) is 66.9 Å². The number of hydrogen-bond acceptors (Lipinski definition) is 3. The molecule has 1 heterocycles. The van der Waals surface area contributed by atoms with Crippen LogP contribution >= 0.6 is 0 Å². The monoisotopic (exact) mass is 321 g/mol. The zero-order valence-corrected chi connectivity index (χ0v) is 13.5. The number of rotatable bonds is 6. The van der Waals surface area contributed by atoms with E-state index in [0.717, 1.165) is 17.0 Å². The highest BCUT2D eigenvalue weighted by Gasteiger charge is 2.10. The average molecular weight is 321 g/mol. The highest BCUT2D eigenvalue weighted by Crippen LogP contribution is 2.17. The highest BCUT2D eigenvalue weighted by atomic mass is 16.5. The van der Waals surface area contributed by atoms with Crippen molar-refractivity contribution < 1.29 is 9.53 Å². The van der Waals surface area contributed by atoms with Gasteiger partial charge in [-0.15, -0.1) is 0 Å². The molecule has 0 atom stereocenters. The lowest BCUT2D eigenvalue weighted by Crippen LogP contribution is -2.26. The Hall–Kier alpha value is -3.08. The van der Waals surface area contributed by atoms with Crippen molar-refractivity contribution in [2.75, 3.05) is 13.7 Å². The molecule has 0 fully saturated rings. The van der Waals surface area contributed by atoms with Crippen LogP contribution in [0.5, 0.6) is 5.75 Å². The van der Waals surface area contributed by atoms with Crippen molar-refractivity contribution in [1.82, 2.24) is 15.1 Å². The molecule has 5 nitrogen and oxygen atoms in total. The molecule has 2 aromatic carbocycles. The summed E-state index contributed by atoms with van der Waals surface area (Å²) >= 11 is 0. The largest absolute Gasteiger partial charge is 0.496 e. The number of hydrogen-bond donors (Lipinski definition) is 1. The van der Waals surface area contributed by atoms with Gasteiger partial charge < -0.3 is 10.1 Å². The summed E-state index contributed by atoms with van der Waals surface area (Å²) in [5.41, 5.74) is 2.39. The number of nitrogens with one attached hydrogen (secondary N) is 1. The molecule has 0 spiro atoms. The highest BCUT2D eigenvalue weighted by molar-refractivity contribution is 5.92. The topological polar surface area (TPSA) is 56.1 Å². The molecule has 0 aliphatic heterocycles. The van der Waals surface area contributed by atoms with E-state index in [1.165, 1.54) is 0 Å². The van der Waals surface area contributed by atoms with E-state index in [1.807, 2.05) is 54.6 Å². The summed E-state index contributed by atoms with van der Waals surface area (Å²) in [6, 6.07) is 19.2. The molecule has 0 saturated carbocycles. The molecule has 24 heavy (non-hydrogen) atoms. The SMILES string of the molecule is COc1ccccc1CCNC(=O)c1ccn(-c2ccccc2)n1. The zero-order valence-electron chi connectivity index (χ0n) is 13.5. The van der Waals surface area contributed by atoms with Gasteiger partial charge in [0.2, 0.25) is 0 Å². The number of methoxy groups -OCH3 is 1. The van der Waals surface area contributed by atoms with Crippen LogP contribution < -0.4 is 10.1 Å². The minimum atomic E-state index is -0.181. The first-order valence-electron chi connectivity index (χ1n) is 7.79. The molecule has 122 valence electrons. The Labute approximate surface area is 140 Å². The minimum Gasteiger partial charge on any atom is -0.496 e. The van der Waals surface area contributed by atoms with Crippen molar-refractivity contribution in [3.63, 3.8) is 0 Å². The van der Waals surface area contributed by atoms with E-state index in [2.05, 4.69) is 10.4 Å². The third-order valence-electron chi connectivity index (χ3n) is 3.71. The summed E-state index contributed by atoms with van der Waals surface area (Å²) in [4.78, 5) is 12.2. The van der Waals surface area contributed by atoms with Gasteiger partial charge in [0, 0.05) is 12.7 Å². The normalized spacial score (nSPS) is 10.4. The summed E-state index contributed by atoms with van der Waals surface area (Å²) in [5.74, 6) is 0.652. The van der Waals surface area contributed by atoms with Crippen molar-refractivity contribution in [1.29, 1.82) is 0 Å². The van der Waals surface area contributed by atoms with Gasteiger partial charge in [-0.1, -0.05) is 36.4 Å². The Morgan fingerprint density at radius 2 is 1.83 bits per heavy atom. The molecule has 5 heteroatoms. The maximum Gasteiger partial charge on any atom is 0.271 e. The number of benzene rings is 2. The van der Waals surface area contributed by atoms with Crippen molar-refractivity contribution >= 4 is 5.91 Å². The van der Waals surface area contributed by atoms with Crippen molar-refractivity contribution in [3.05, 3.63) is 78.1 Å². The molecule has 0 saturated heterocycles. The van der Waals surface area contributed by atoms with Gasteiger partial charge in [-0.25, -0.2) is 4.68 Å². The number of aromatic nitrogens is 2. The summed E-state index contributed by atoms with van der Waals surface area (Å²) in [7, 11) is 1.65. The molecule has 0 aliphatic carbocycles. The van der Waals surface area contributed by atoms with Crippen LogP contribution in [-0.2, 0) is 6.42 Å². The summed E-state index contributed by atoms with van der Waals surface area (Å²) in [6.07, 6.45) is 2.49. The molecular formula is C19H19N3O2. The molecule has 1 aromatic heterocycles. The number of ether oxygens (including phenoxy) is 1. The second-order valence-electron chi connectivity index (χ2n) is 5.30. The van der Waals surface area contributed by atoms with Crippen molar-refractivity contribution in [2.24, 2.45) is 0 Å². The van der Waals surface area contributed by atoms with Crippen LogP contribution in [0.25, 0.3) is 5.69 Å². The number of para-hydroxylation sites is 2. The fourth-order valence-electron chi connectivity index (χ4n) is 2.48. The van der Waals surface area contributed by atoms with Crippen LogP contribution in [0.1, 0.15) is 16.1 Å². The molecule has 3 aromatic rings. The maximum absolute atomic E-state index is 12.2. The quantitative estimate of drug-likeness (QED) is 0.759. The molecule has 1 N–H and O–H groups in total. The second kappa shape index (κ2) is 7.46. The third kappa shape index (κ3) is 3.63. The Morgan fingerprint density at radius 1 is 1.08 bits per heavy atom. The van der Waals surface area contributed by atoms with Crippen LogP contribution in [0.3, 0.4) is 0 Å². The van der Waals surface area contributed by atoms with E-state index in [0.29, 0.717) is 18.7 Å². The van der Waals surface area contributed by atoms with Gasteiger partial charge in [0.15, 0.2) is 5.69 Å². The number of amides is 1. The van der Waals surface area contributed by atoms with Gasteiger partial charge in [-0.2, -0.15) is 5.10 Å². The van der Waals surface area contributed by atoms with Crippen LogP contribution in [0, 0.1) is 0 Å². The third-order valence-corrected chi connectivity index (χ3v) is 3.71. The lowest BCUT2D eigenvalue weighted by molar-refractivity contribution is 0.0948. The fourth-order valence-corrected chi connectivity index (χ4v) is 2.48. The zero-order chi connectivity index (χ0) is 16.8. The van der Waals surface area contributed by atoms with E-state index in [4.69, 9.17) is 4.74 Å². The molecular weight excluding hydrogens is 302 g/mol. The molecule has 0 radical (unpaired) electrons. The molecule has 0 aliphatic rings. The lowest BCUT2D eigenvalue weighted by atomic mass is 10.1. The van der Waals surface area contributed by atoms with Crippen molar-refractivity contribution in [3.8, 4) is 11.4 Å².